The van der Waals surface area contributed by atoms with Crippen LogP contribution in [-0.2, 0) is 11.3 Å². The Labute approximate surface area is 171 Å². The number of thioether (sulfide) groups is 1. The molecular formula is C19H18Cl2N2O3S. The van der Waals surface area contributed by atoms with Crippen molar-refractivity contribution < 1.29 is 14.0 Å². The molecule has 1 aromatic carbocycles. The van der Waals surface area contributed by atoms with Gasteiger partial charge in [0.1, 0.15) is 5.76 Å². The highest BCUT2D eigenvalue weighted by Gasteiger charge is 2.35. The van der Waals surface area contributed by atoms with Gasteiger partial charge >= 0.3 is 0 Å². The van der Waals surface area contributed by atoms with Crippen LogP contribution < -0.4 is 4.90 Å². The van der Waals surface area contributed by atoms with Gasteiger partial charge in [0, 0.05) is 35.3 Å². The predicted molar refractivity (Wildman–Crippen MR) is 110 cm³/mol. The van der Waals surface area contributed by atoms with Gasteiger partial charge in [-0.05, 0) is 49.4 Å². The summed E-state index contributed by atoms with van der Waals surface area (Å²) in [6.07, 6.45) is 1.60. The highest BCUT2D eigenvalue weighted by atomic mass is 35.5. The third kappa shape index (κ3) is 4.34. The molecule has 1 aromatic heterocycles. The fourth-order valence-electron chi connectivity index (χ4n) is 2.71. The molecule has 0 spiro atoms. The summed E-state index contributed by atoms with van der Waals surface area (Å²) in [7, 11) is 0. The number of anilines is 1. The molecule has 0 bridgehead atoms. The maximum atomic E-state index is 12.7. The van der Waals surface area contributed by atoms with Crippen molar-refractivity contribution in [1.29, 1.82) is 0 Å². The van der Waals surface area contributed by atoms with Gasteiger partial charge in [0.25, 0.3) is 11.1 Å². The minimum Gasteiger partial charge on any atom is -0.441 e. The van der Waals surface area contributed by atoms with E-state index in [9.17, 15) is 9.59 Å². The van der Waals surface area contributed by atoms with E-state index in [1.165, 1.54) is 4.90 Å². The third-order valence-corrected chi connectivity index (χ3v) is 5.67. The van der Waals surface area contributed by atoms with Crippen LogP contribution in [0.15, 0.2) is 39.7 Å². The standard InChI is InChI=1S/C19H18Cl2N2O3S/c1-3-22(4-2)17-8-7-14(26-17)10-16-18(24)23(19(25)27-16)11-12-5-6-13(20)9-15(12)21/h5-10H,3-4,11H2,1-2H3/b16-10-. The molecule has 5 nitrogen and oxygen atoms in total. The first-order valence-corrected chi connectivity index (χ1v) is 10.0. The summed E-state index contributed by atoms with van der Waals surface area (Å²) in [6, 6.07) is 8.62. The number of imide groups is 1. The van der Waals surface area contributed by atoms with Gasteiger partial charge < -0.3 is 9.32 Å². The molecule has 0 radical (unpaired) electrons. The Morgan fingerprint density at radius 3 is 2.56 bits per heavy atom. The minimum absolute atomic E-state index is 0.0981. The molecule has 2 amide bonds. The van der Waals surface area contributed by atoms with E-state index < -0.39 is 0 Å². The Morgan fingerprint density at radius 2 is 1.89 bits per heavy atom. The Morgan fingerprint density at radius 1 is 1.15 bits per heavy atom. The minimum atomic E-state index is -0.364. The van der Waals surface area contributed by atoms with Crippen LogP contribution in [0, 0.1) is 0 Å². The van der Waals surface area contributed by atoms with Crippen LogP contribution in [0.5, 0.6) is 0 Å². The number of carbonyl (C=O) groups excluding carboxylic acids is 2. The number of benzene rings is 1. The van der Waals surface area contributed by atoms with Crippen LogP contribution in [0.3, 0.4) is 0 Å². The van der Waals surface area contributed by atoms with Crippen LogP contribution in [0.4, 0.5) is 10.7 Å². The van der Waals surface area contributed by atoms with Crippen molar-refractivity contribution in [3.8, 4) is 0 Å². The lowest BCUT2D eigenvalue weighted by Gasteiger charge is -2.16. The number of hydrogen-bond acceptors (Lipinski definition) is 5. The SMILES string of the molecule is CCN(CC)c1ccc(/C=C2\SC(=O)N(Cc3ccc(Cl)cc3Cl)C2=O)o1. The van der Waals surface area contributed by atoms with E-state index in [4.69, 9.17) is 27.6 Å². The van der Waals surface area contributed by atoms with E-state index in [-0.39, 0.29) is 17.7 Å². The first-order valence-electron chi connectivity index (χ1n) is 8.47. The zero-order chi connectivity index (χ0) is 19.6. The molecule has 0 saturated carbocycles. The van der Waals surface area contributed by atoms with E-state index >= 15 is 0 Å². The van der Waals surface area contributed by atoms with Crippen molar-refractivity contribution in [2.45, 2.75) is 20.4 Å². The summed E-state index contributed by atoms with van der Waals surface area (Å²) in [5.74, 6) is 0.905. The lowest BCUT2D eigenvalue weighted by Crippen LogP contribution is -2.27. The number of furan rings is 1. The highest BCUT2D eigenvalue weighted by molar-refractivity contribution is 8.18. The average molecular weight is 425 g/mol. The van der Waals surface area contributed by atoms with Gasteiger partial charge in [0.05, 0.1) is 11.4 Å². The number of nitrogens with zero attached hydrogens (tertiary/aromatic N) is 2. The molecule has 1 fully saturated rings. The van der Waals surface area contributed by atoms with Crippen LogP contribution in [0.1, 0.15) is 25.2 Å². The van der Waals surface area contributed by atoms with Gasteiger partial charge in [0.15, 0.2) is 5.88 Å². The van der Waals surface area contributed by atoms with E-state index in [1.807, 2.05) is 19.9 Å². The Hall–Kier alpha value is -1.89. The number of halogens is 2. The Bertz CT molecular complexity index is 906. The topological polar surface area (TPSA) is 53.8 Å². The average Bonchev–Trinajstić information content (AvgIpc) is 3.18. The second-order valence-corrected chi connectivity index (χ2v) is 7.69. The van der Waals surface area contributed by atoms with Gasteiger partial charge in [-0.25, -0.2) is 0 Å². The van der Waals surface area contributed by atoms with Crippen LogP contribution in [-0.4, -0.2) is 29.1 Å². The van der Waals surface area contributed by atoms with Crippen molar-refractivity contribution in [2.24, 2.45) is 0 Å². The molecule has 142 valence electrons. The lowest BCUT2D eigenvalue weighted by atomic mass is 10.2. The van der Waals surface area contributed by atoms with Crippen molar-refractivity contribution in [1.82, 2.24) is 4.90 Å². The van der Waals surface area contributed by atoms with E-state index in [0.29, 0.717) is 26.3 Å². The van der Waals surface area contributed by atoms with Crippen LogP contribution in [0.2, 0.25) is 10.0 Å². The number of carbonyl (C=O) groups is 2. The van der Waals surface area contributed by atoms with Gasteiger partial charge in [-0.1, -0.05) is 29.3 Å². The fraction of sp³-hybridized carbons (Fsp3) is 0.263. The summed E-state index contributed by atoms with van der Waals surface area (Å²) in [5.41, 5.74) is 0.659. The summed E-state index contributed by atoms with van der Waals surface area (Å²) in [5, 5.41) is 0.577. The van der Waals surface area contributed by atoms with Crippen LogP contribution in [0.25, 0.3) is 6.08 Å². The van der Waals surface area contributed by atoms with Gasteiger partial charge in [-0.3, -0.25) is 14.5 Å². The molecule has 27 heavy (non-hydrogen) atoms. The van der Waals surface area contributed by atoms with E-state index in [1.54, 1.807) is 30.3 Å². The molecule has 0 aliphatic carbocycles. The summed E-state index contributed by atoms with van der Waals surface area (Å²) < 4.78 is 5.78. The third-order valence-electron chi connectivity index (χ3n) is 4.18. The summed E-state index contributed by atoms with van der Waals surface area (Å²) >= 11 is 12.9. The lowest BCUT2D eigenvalue weighted by molar-refractivity contribution is -0.123. The van der Waals surface area contributed by atoms with Crippen molar-refractivity contribution in [3.05, 3.63) is 56.6 Å². The summed E-state index contributed by atoms with van der Waals surface area (Å²) in [6.45, 7) is 5.82. The van der Waals surface area contributed by atoms with Gasteiger partial charge in [-0.2, -0.15) is 0 Å². The van der Waals surface area contributed by atoms with Gasteiger partial charge in [0.2, 0.25) is 0 Å². The molecule has 0 N–H and O–H groups in total. The zero-order valence-electron chi connectivity index (χ0n) is 14.9. The Balaban J connectivity index is 1.78. The second kappa shape index (κ2) is 8.42. The molecule has 1 aliphatic heterocycles. The quantitative estimate of drug-likeness (QED) is 0.559. The molecule has 1 saturated heterocycles. The van der Waals surface area contributed by atoms with Crippen LogP contribution >= 0.6 is 35.0 Å². The Kier molecular flexibility index (Phi) is 6.19. The van der Waals surface area contributed by atoms with E-state index in [0.717, 1.165) is 30.7 Å². The molecule has 3 rings (SSSR count). The molecule has 2 heterocycles. The summed E-state index contributed by atoms with van der Waals surface area (Å²) in [4.78, 5) is 28.5. The number of amides is 2. The first kappa shape index (κ1) is 19.9. The molecule has 0 atom stereocenters. The molecule has 1 aliphatic rings. The van der Waals surface area contributed by atoms with Crippen molar-refractivity contribution in [3.63, 3.8) is 0 Å². The van der Waals surface area contributed by atoms with Gasteiger partial charge in [-0.15, -0.1) is 0 Å². The molecule has 0 unspecified atom stereocenters. The zero-order valence-corrected chi connectivity index (χ0v) is 17.2. The second-order valence-electron chi connectivity index (χ2n) is 5.85. The monoisotopic (exact) mass is 424 g/mol. The molecular weight excluding hydrogens is 407 g/mol. The number of hydrogen-bond donors (Lipinski definition) is 0. The number of rotatable bonds is 6. The maximum Gasteiger partial charge on any atom is 0.293 e. The maximum absolute atomic E-state index is 12.7. The molecule has 2 aromatic rings. The normalized spacial score (nSPS) is 15.9. The smallest absolute Gasteiger partial charge is 0.293 e. The van der Waals surface area contributed by atoms with Crippen molar-refractivity contribution >= 4 is 58.1 Å². The largest absolute Gasteiger partial charge is 0.441 e. The van der Waals surface area contributed by atoms with E-state index in [2.05, 4.69) is 4.90 Å². The van der Waals surface area contributed by atoms with Crippen molar-refractivity contribution in [2.75, 3.05) is 18.0 Å². The fourth-order valence-corrected chi connectivity index (χ4v) is 4.00. The highest BCUT2D eigenvalue weighted by Crippen LogP contribution is 2.35. The molecule has 8 heteroatoms. The first-order chi connectivity index (χ1) is 12.9. The predicted octanol–water partition coefficient (Wildman–Crippen LogP) is 5.67.